The molecule has 120 valence electrons. The zero-order chi connectivity index (χ0) is 15.5. The minimum Gasteiger partial charge on any atom is -0.493 e. The van der Waals surface area contributed by atoms with Crippen LogP contribution in [0.3, 0.4) is 0 Å². The lowest BCUT2D eigenvalue weighted by Gasteiger charge is -2.35. The van der Waals surface area contributed by atoms with E-state index in [9.17, 15) is 9.90 Å². The molecule has 0 spiro atoms. The number of amides is 1. The lowest BCUT2D eigenvalue weighted by molar-refractivity contribution is -0.134. The van der Waals surface area contributed by atoms with Crippen LogP contribution < -0.4 is 4.74 Å². The number of nitrogens with zero attached hydrogens (tertiary/aromatic N) is 1. The van der Waals surface area contributed by atoms with Crippen LogP contribution in [0.25, 0.3) is 0 Å². The van der Waals surface area contributed by atoms with Gasteiger partial charge >= 0.3 is 0 Å². The van der Waals surface area contributed by atoms with Gasteiger partial charge in [-0.2, -0.15) is 0 Å². The summed E-state index contributed by atoms with van der Waals surface area (Å²) >= 11 is 0. The molecule has 0 radical (unpaired) electrons. The molecule has 1 fully saturated rings. The van der Waals surface area contributed by atoms with Crippen molar-refractivity contribution >= 4 is 5.91 Å². The van der Waals surface area contributed by atoms with Gasteiger partial charge in [0.25, 0.3) is 0 Å². The normalized spacial score (nSPS) is 26.0. The Kier molecular flexibility index (Phi) is 4.67. The number of hydrogen-bond acceptors (Lipinski definition) is 3. The van der Waals surface area contributed by atoms with Gasteiger partial charge in [-0.3, -0.25) is 4.79 Å². The van der Waals surface area contributed by atoms with Gasteiger partial charge in [0.05, 0.1) is 12.7 Å². The molecule has 4 nitrogen and oxygen atoms in total. The second-order valence-electron chi connectivity index (χ2n) is 6.56. The summed E-state index contributed by atoms with van der Waals surface area (Å²) in [6, 6.07) is 8.04. The highest BCUT2D eigenvalue weighted by atomic mass is 16.5. The number of rotatable bonds is 3. The number of ether oxygens (including phenoxy) is 1. The zero-order valence-corrected chi connectivity index (χ0v) is 13.2. The number of aliphatic hydroxyl groups is 1. The molecule has 22 heavy (non-hydrogen) atoms. The number of carbonyl (C=O) groups excluding carboxylic acids is 1. The second kappa shape index (κ2) is 6.69. The number of likely N-dealkylation sites (tertiary alicyclic amines) is 1. The Morgan fingerprint density at radius 2 is 2.23 bits per heavy atom. The molecular weight excluding hydrogens is 278 g/mol. The van der Waals surface area contributed by atoms with Gasteiger partial charge in [-0.15, -0.1) is 0 Å². The number of para-hydroxylation sites is 1. The highest BCUT2D eigenvalue weighted by Crippen LogP contribution is 2.36. The minimum atomic E-state index is -0.334. The predicted octanol–water partition coefficient (Wildman–Crippen LogP) is 2.56. The van der Waals surface area contributed by atoms with Gasteiger partial charge < -0.3 is 14.7 Å². The summed E-state index contributed by atoms with van der Waals surface area (Å²) in [5.41, 5.74) is 1.16. The quantitative estimate of drug-likeness (QED) is 0.933. The van der Waals surface area contributed by atoms with E-state index in [4.69, 9.17) is 4.74 Å². The molecule has 2 aliphatic rings. The van der Waals surface area contributed by atoms with Crippen molar-refractivity contribution in [3.05, 3.63) is 29.8 Å². The van der Waals surface area contributed by atoms with Crippen molar-refractivity contribution in [1.82, 2.24) is 4.90 Å². The van der Waals surface area contributed by atoms with E-state index in [0.717, 1.165) is 37.1 Å². The van der Waals surface area contributed by atoms with Crippen LogP contribution in [0.5, 0.6) is 5.75 Å². The summed E-state index contributed by atoms with van der Waals surface area (Å²) in [7, 11) is 0. The van der Waals surface area contributed by atoms with E-state index in [0.29, 0.717) is 19.6 Å². The summed E-state index contributed by atoms with van der Waals surface area (Å²) in [6.07, 6.45) is 3.12. The second-order valence-corrected chi connectivity index (χ2v) is 6.56. The molecule has 1 aromatic carbocycles. The average Bonchev–Trinajstić information content (AvgIpc) is 2.55. The molecule has 0 aliphatic carbocycles. The summed E-state index contributed by atoms with van der Waals surface area (Å²) in [4.78, 5) is 14.6. The van der Waals surface area contributed by atoms with Crippen LogP contribution in [0.4, 0.5) is 0 Å². The molecular formula is C18H25NO3. The highest BCUT2D eigenvalue weighted by molar-refractivity contribution is 5.77. The van der Waals surface area contributed by atoms with E-state index in [-0.39, 0.29) is 23.8 Å². The number of piperidine rings is 1. The van der Waals surface area contributed by atoms with Crippen LogP contribution in [0, 0.1) is 5.92 Å². The average molecular weight is 303 g/mol. The van der Waals surface area contributed by atoms with Crippen molar-refractivity contribution in [2.24, 2.45) is 5.92 Å². The largest absolute Gasteiger partial charge is 0.493 e. The van der Waals surface area contributed by atoms with E-state index in [2.05, 4.69) is 6.07 Å². The summed E-state index contributed by atoms with van der Waals surface area (Å²) < 4.78 is 5.67. The van der Waals surface area contributed by atoms with E-state index in [1.54, 1.807) is 0 Å². The van der Waals surface area contributed by atoms with Gasteiger partial charge in [0, 0.05) is 25.4 Å². The number of aliphatic hydroxyl groups excluding tert-OH is 1. The van der Waals surface area contributed by atoms with Gasteiger partial charge in [0.1, 0.15) is 5.75 Å². The predicted molar refractivity (Wildman–Crippen MR) is 84.9 cm³/mol. The summed E-state index contributed by atoms with van der Waals surface area (Å²) in [5.74, 6) is 1.61. The molecule has 1 aromatic rings. The van der Waals surface area contributed by atoms with Crippen LogP contribution in [-0.4, -0.2) is 41.7 Å². The molecule has 1 amide bonds. The fraction of sp³-hybridized carbons (Fsp3) is 0.611. The maximum atomic E-state index is 12.6. The Morgan fingerprint density at radius 3 is 3.05 bits per heavy atom. The fourth-order valence-corrected chi connectivity index (χ4v) is 3.60. The van der Waals surface area contributed by atoms with E-state index < -0.39 is 0 Å². The highest BCUT2D eigenvalue weighted by Gasteiger charge is 2.29. The van der Waals surface area contributed by atoms with Crippen LogP contribution >= 0.6 is 0 Å². The molecule has 1 N–H and O–H groups in total. The smallest absolute Gasteiger partial charge is 0.223 e. The lowest BCUT2D eigenvalue weighted by atomic mass is 9.88. The van der Waals surface area contributed by atoms with Gasteiger partial charge in [-0.1, -0.05) is 18.2 Å². The Balaban J connectivity index is 1.65. The number of benzene rings is 1. The molecule has 3 atom stereocenters. The Morgan fingerprint density at radius 1 is 1.41 bits per heavy atom. The lowest BCUT2D eigenvalue weighted by Crippen LogP contribution is -2.43. The van der Waals surface area contributed by atoms with E-state index in [1.165, 1.54) is 0 Å². The van der Waals surface area contributed by atoms with Crippen molar-refractivity contribution in [1.29, 1.82) is 0 Å². The molecule has 2 heterocycles. The third kappa shape index (κ3) is 3.27. The fourth-order valence-electron chi connectivity index (χ4n) is 3.60. The number of carbonyl (C=O) groups is 1. The van der Waals surface area contributed by atoms with E-state index in [1.807, 2.05) is 30.0 Å². The monoisotopic (exact) mass is 303 g/mol. The van der Waals surface area contributed by atoms with Crippen LogP contribution in [-0.2, 0) is 4.79 Å². The molecule has 1 saturated heterocycles. The van der Waals surface area contributed by atoms with Gasteiger partial charge in [0.2, 0.25) is 5.91 Å². The Hall–Kier alpha value is -1.55. The third-order valence-corrected chi connectivity index (χ3v) is 5.00. The van der Waals surface area contributed by atoms with Crippen molar-refractivity contribution in [2.45, 2.75) is 44.6 Å². The Bertz CT molecular complexity index is 529. The first-order valence-electron chi connectivity index (χ1n) is 8.32. The minimum absolute atomic E-state index is 0.215. The van der Waals surface area contributed by atoms with Crippen molar-refractivity contribution in [3.8, 4) is 5.75 Å². The summed E-state index contributed by atoms with van der Waals surface area (Å²) in [6.45, 7) is 4.03. The van der Waals surface area contributed by atoms with Gasteiger partial charge in [0.15, 0.2) is 0 Å². The SMILES string of the molecule is CC(O)C1CCCN(C(=O)CC2CCOc3ccccc32)C1. The molecule has 3 unspecified atom stereocenters. The third-order valence-electron chi connectivity index (χ3n) is 5.00. The standard InChI is InChI=1S/C18H25NO3/c1-13(20)15-5-4-9-19(12-15)18(21)11-14-8-10-22-17-7-3-2-6-16(14)17/h2-3,6-7,13-15,20H,4-5,8-12H2,1H3. The maximum absolute atomic E-state index is 12.6. The first-order valence-corrected chi connectivity index (χ1v) is 8.32. The van der Waals surface area contributed by atoms with Crippen LogP contribution in [0.2, 0.25) is 0 Å². The molecule has 3 rings (SSSR count). The molecule has 0 bridgehead atoms. The van der Waals surface area contributed by atoms with Crippen LogP contribution in [0.1, 0.15) is 44.1 Å². The molecule has 2 aliphatic heterocycles. The maximum Gasteiger partial charge on any atom is 0.223 e. The van der Waals surface area contributed by atoms with Crippen LogP contribution in [0.15, 0.2) is 24.3 Å². The molecule has 4 heteroatoms. The topological polar surface area (TPSA) is 49.8 Å². The van der Waals surface area contributed by atoms with Crippen molar-refractivity contribution in [2.75, 3.05) is 19.7 Å². The zero-order valence-electron chi connectivity index (χ0n) is 13.2. The van der Waals surface area contributed by atoms with E-state index >= 15 is 0 Å². The van der Waals surface area contributed by atoms with Crippen molar-refractivity contribution < 1.29 is 14.6 Å². The van der Waals surface area contributed by atoms with Crippen molar-refractivity contribution in [3.63, 3.8) is 0 Å². The molecule has 0 aromatic heterocycles. The van der Waals surface area contributed by atoms with Gasteiger partial charge in [-0.25, -0.2) is 0 Å². The number of hydrogen-bond donors (Lipinski definition) is 1. The first kappa shape index (κ1) is 15.3. The first-order chi connectivity index (χ1) is 10.6. The van der Waals surface area contributed by atoms with Gasteiger partial charge in [-0.05, 0) is 43.7 Å². The molecule has 0 saturated carbocycles. The summed E-state index contributed by atoms with van der Waals surface area (Å²) in [5, 5.41) is 9.77. The Labute approximate surface area is 132 Å². The number of fused-ring (bicyclic) bond motifs is 1.